The van der Waals surface area contributed by atoms with Crippen molar-refractivity contribution in [2.24, 2.45) is 0 Å². The fourth-order valence-corrected chi connectivity index (χ4v) is 2.37. The zero-order valence-corrected chi connectivity index (χ0v) is 13.1. The fraction of sp³-hybridized carbons (Fsp3) is 0.278. The van der Waals surface area contributed by atoms with Crippen LogP contribution in [0.4, 0.5) is 4.79 Å². The number of carbonyl (C=O) groups excluding carboxylic acids is 1. The van der Waals surface area contributed by atoms with Gasteiger partial charge in [-0.2, -0.15) is 0 Å². The van der Waals surface area contributed by atoms with Crippen molar-refractivity contribution in [3.8, 4) is 5.75 Å². The summed E-state index contributed by atoms with van der Waals surface area (Å²) < 4.78 is 0. The van der Waals surface area contributed by atoms with Gasteiger partial charge in [-0.1, -0.05) is 36.4 Å². The minimum absolute atomic E-state index is 0.0346. The Morgan fingerprint density at radius 1 is 1.09 bits per heavy atom. The van der Waals surface area contributed by atoms with Crippen LogP contribution in [-0.2, 0) is 19.6 Å². The van der Waals surface area contributed by atoms with Crippen molar-refractivity contribution in [1.29, 1.82) is 0 Å². The molecule has 0 fully saturated rings. The summed E-state index contributed by atoms with van der Waals surface area (Å²) in [7, 11) is 0. The first-order chi connectivity index (χ1) is 11.1. The number of rotatable bonds is 6. The van der Waals surface area contributed by atoms with E-state index in [0.717, 1.165) is 16.7 Å². The third-order valence-electron chi connectivity index (χ3n) is 3.58. The number of benzene rings is 2. The number of nitrogens with one attached hydrogen (secondary N) is 2. The van der Waals surface area contributed by atoms with Crippen LogP contribution < -0.4 is 10.6 Å². The standard InChI is InChI=1S/C18H22N2O3/c1-13(10-14-6-8-17(22)9-7-14)20-18(23)19-11-15-4-2-3-5-16(15)12-21/h2-9,13,21-22H,10-12H2,1H3,(H2,19,20,23). The van der Waals surface area contributed by atoms with Gasteiger partial charge in [0.1, 0.15) is 5.75 Å². The largest absolute Gasteiger partial charge is 0.508 e. The predicted molar refractivity (Wildman–Crippen MR) is 89.0 cm³/mol. The first-order valence-electron chi connectivity index (χ1n) is 7.58. The summed E-state index contributed by atoms with van der Waals surface area (Å²) in [5.74, 6) is 0.231. The zero-order chi connectivity index (χ0) is 16.7. The van der Waals surface area contributed by atoms with E-state index >= 15 is 0 Å². The van der Waals surface area contributed by atoms with Crippen molar-refractivity contribution in [3.63, 3.8) is 0 Å². The number of hydrogen-bond acceptors (Lipinski definition) is 3. The van der Waals surface area contributed by atoms with Gasteiger partial charge in [0.05, 0.1) is 6.61 Å². The van der Waals surface area contributed by atoms with E-state index in [9.17, 15) is 15.0 Å². The highest BCUT2D eigenvalue weighted by Crippen LogP contribution is 2.11. The molecule has 0 aromatic heterocycles. The summed E-state index contributed by atoms with van der Waals surface area (Å²) >= 11 is 0. The number of aliphatic hydroxyl groups is 1. The van der Waals surface area contributed by atoms with Gasteiger partial charge in [-0.25, -0.2) is 4.79 Å². The maximum absolute atomic E-state index is 11.9. The Morgan fingerprint density at radius 2 is 1.74 bits per heavy atom. The highest BCUT2D eigenvalue weighted by molar-refractivity contribution is 5.74. The van der Waals surface area contributed by atoms with Crippen LogP contribution in [0.1, 0.15) is 23.6 Å². The smallest absolute Gasteiger partial charge is 0.315 e. The molecular weight excluding hydrogens is 292 g/mol. The molecule has 0 radical (unpaired) electrons. The van der Waals surface area contributed by atoms with Gasteiger partial charge in [0.15, 0.2) is 0 Å². The van der Waals surface area contributed by atoms with E-state index < -0.39 is 0 Å². The van der Waals surface area contributed by atoms with Crippen LogP contribution in [0.2, 0.25) is 0 Å². The number of hydrogen-bond donors (Lipinski definition) is 4. The highest BCUT2D eigenvalue weighted by Gasteiger charge is 2.09. The fourth-order valence-electron chi connectivity index (χ4n) is 2.37. The van der Waals surface area contributed by atoms with Crippen LogP contribution in [-0.4, -0.2) is 22.3 Å². The van der Waals surface area contributed by atoms with E-state index in [2.05, 4.69) is 10.6 Å². The molecule has 0 bridgehead atoms. The van der Waals surface area contributed by atoms with Gasteiger partial charge in [0.25, 0.3) is 0 Å². The average Bonchev–Trinajstić information content (AvgIpc) is 2.55. The van der Waals surface area contributed by atoms with Crippen molar-refractivity contribution in [1.82, 2.24) is 10.6 Å². The molecule has 0 saturated carbocycles. The predicted octanol–water partition coefficient (Wildman–Crippen LogP) is 2.31. The third kappa shape index (κ3) is 5.30. The Kier molecular flexibility index (Phi) is 6.00. The molecule has 5 heteroatoms. The van der Waals surface area contributed by atoms with E-state index in [1.165, 1.54) is 0 Å². The molecule has 2 aromatic rings. The molecule has 0 aliphatic rings. The molecule has 2 amide bonds. The van der Waals surface area contributed by atoms with Gasteiger partial charge in [-0.3, -0.25) is 0 Å². The summed E-state index contributed by atoms with van der Waals surface area (Å²) in [6, 6.07) is 14.1. The van der Waals surface area contributed by atoms with Gasteiger partial charge in [0, 0.05) is 12.6 Å². The molecule has 1 atom stereocenters. The van der Waals surface area contributed by atoms with Gasteiger partial charge in [-0.15, -0.1) is 0 Å². The van der Waals surface area contributed by atoms with Crippen molar-refractivity contribution in [2.45, 2.75) is 32.5 Å². The molecule has 5 nitrogen and oxygen atoms in total. The molecule has 1 unspecified atom stereocenters. The van der Waals surface area contributed by atoms with Crippen molar-refractivity contribution >= 4 is 6.03 Å². The number of carbonyl (C=O) groups is 1. The van der Waals surface area contributed by atoms with Gasteiger partial charge < -0.3 is 20.8 Å². The Morgan fingerprint density at radius 3 is 2.39 bits per heavy atom. The van der Waals surface area contributed by atoms with Gasteiger partial charge in [0.2, 0.25) is 0 Å². The lowest BCUT2D eigenvalue weighted by molar-refractivity contribution is 0.237. The number of amides is 2. The Balaban J connectivity index is 1.81. The van der Waals surface area contributed by atoms with Crippen LogP contribution in [0.15, 0.2) is 48.5 Å². The number of urea groups is 1. The van der Waals surface area contributed by atoms with Crippen molar-refractivity contribution in [3.05, 3.63) is 65.2 Å². The molecule has 0 saturated heterocycles. The summed E-state index contributed by atoms with van der Waals surface area (Å²) in [6.07, 6.45) is 0.681. The Bertz CT molecular complexity index is 641. The van der Waals surface area contributed by atoms with E-state index in [0.29, 0.717) is 13.0 Å². The lowest BCUT2D eigenvalue weighted by Gasteiger charge is -2.15. The number of aliphatic hydroxyl groups excluding tert-OH is 1. The molecule has 122 valence electrons. The third-order valence-corrected chi connectivity index (χ3v) is 3.58. The molecular formula is C18H22N2O3. The van der Waals surface area contributed by atoms with Crippen molar-refractivity contribution < 1.29 is 15.0 Å². The van der Waals surface area contributed by atoms with Crippen LogP contribution >= 0.6 is 0 Å². The molecule has 0 spiro atoms. The van der Waals surface area contributed by atoms with Gasteiger partial charge >= 0.3 is 6.03 Å². The minimum atomic E-state index is -0.246. The van der Waals surface area contributed by atoms with Crippen LogP contribution in [0.3, 0.4) is 0 Å². The highest BCUT2D eigenvalue weighted by atomic mass is 16.3. The van der Waals surface area contributed by atoms with E-state index in [1.54, 1.807) is 12.1 Å². The second-order valence-corrected chi connectivity index (χ2v) is 5.53. The number of phenolic OH excluding ortho intramolecular Hbond substituents is 1. The second-order valence-electron chi connectivity index (χ2n) is 5.53. The second kappa shape index (κ2) is 8.19. The molecule has 23 heavy (non-hydrogen) atoms. The quantitative estimate of drug-likeness (QED) is 0.660. The minimum Gasteiger partial charge on any atom is -0.508 e. The topological polar surface area (TPSA) is 81.6 Å². The Hall–Kier alpha value is -2.53. The lowest BCUT2D eigenvalue weighted by atomic mass is 10.1. The van der Waals surface area contributed by atoms with E-state index in [1.807, 2.05) is 43.3 Å². The van der Waals surface area contributed by atoms with Crippen LogP contribution in [0.25, 0.3) is 0 Å². The van der Waals surface area contributed by atoms with E-state index in [-0.39, 0.29) is 24.4 Å². The van der Waals surface area contributed by atoms with Gasteiger partial charge in [-0.05, 0) is 42.2 Å². The first-order valence-corrected chi connectivity index (χ1v) is 7.58. The summed E-state index contributed by atoms with van der Waals surface area (Å²) in [4.78, 5) is 11.9. The molecule has 4 N–H and O–H groups in total. The Labute approximate surface area is 136 Å². The molecule has 0 heterocycles. The normalized spacial score (nSPS) is 11.7. The van der Waals surface area contributed by atoms with E-state index in [4.69, 9.17) is 0 Å². The van der Waals surface area contributed by atoms with Crippen LogP contribution in [0, 0.1) is 0 Å². The summed E-state index contributed by atoms with van der Waals surface area (Å²) in [6.45, 7) is 2.25. The summed E-state index contributed by atoms with van der Waals surface area (Å²) in [5, 5.41) is 24.2. The zero-order valence-electron chi connectivity index (χ0n) is 13.1. The molecule has 2 aromatic carbocycles. The lowest BCUT2D eigenvalue weighted by Crippen LogP contribution is -2.41. The number of aromatic hydroxyl groups is 1. The first kappa shape index (κ1) is 16.8. The molecule has 0 aliphatic carbocycles. The van der Waals surface area contributed by atoms with Crippen molar-refractivity contribution in [2.75, 3.05) is 0 Å². The monoisotopic (exact) mass is 314 g/mol. The van der Waals surface area contributed by atoms with Crippen LogP contribution in [0.5, 0.6) is 5.75 Å². The maximum Gasteiger partial charge on any atom is 0.315 e. The SMILES string of the molecule is CC(Cc1ccc(O)cc1)NC(=O)NCc1ccccc1CO. The number of phenols is 1. The molecule has 0 aliphatic heterocycles. The average molecular weight is 314 g/mol. The molecule has 2 rings (SSSR count). The summed E-state index contributed by atoms with van der Waals surface area (Å²) in [5.41, 5.74) is 2.75. The maximum atomic E-state index is 11.9.